The SMILES string of the molecule is CONC(=O)c1nccc(Sc2ccc(NC(=O)Nc3ccccc3)cc2)n1. The first-order valence-electron chi connectivity index (χ1n) is 8.21. The van der Waals surface area contributed by atoms with Gasteiger partial charge in [0.15, 0.2) is 0 Å². The third-order valence-corrected chi connectivity index (χ3v) is 4.34. The van der Waals surface area contributed by atoms with Gasteiger partial charge in [0.2, 0.25) is 5.82 Å². The van der Waals surface area contributed by atoms with Crippen molar-refractivity contribution < 1.29 is 14.4 Å². The van der Waals surface area contributed by atoms with Crippen LogP contribution < -0.4 is 16.1 Å². The Kier molecular flexibility index (Phi) is 6.55. The molecule has 0 aliphatic heterocycles. The molecule has 0 saturated heterocycles. The molecule has 8 nitrogen and oxygen atoms in total. The monoisotopic (exact) mass is 395 g/mol. The average Bonchev–Trinajstić information content (AvgIpc) is 2.70. The molecule has 28 heavy (non-hydrogen) atoms. The second-order valence-electron chi connectivity index (χ2n) is 5.43. The largest absolute Gasteiger partial charge is 0.323 e. The van der Waals surface area contributed by atoms with E-state index in [-0.39, 0.29) is 11.9 Å². The maximum absolute atomic E-state index is 12.0. The quantitative estimate of drug-likeness (QED) is 0.435. The first-order chi connectivity index (χ1) is 13.6. The molecule has 3 amide bonds. The second kappa shape index (κ2) is 9.49. The van der Waals surface area contributed by atoms with Crippen LogP contribution in [-0.4, -0.2) is 29.0 Å². The van der Waals surface area contributed by atoms with Crippen molar-refractivity contribution in [3.05, 3.63) is 72.7 Å². The van der Waals surface area contributed by atoms with Gasteiger partial charge in [0.05, 0.1) is 7.11 Å². The first-order valence-corrected chi connectivity index (χ1v) is 9.03. The third kappa shape index (κ3) is 5.53. The van der Waals surface area contributed by atoms with E-state index in [9.17, 15) is 9.59 Å². The van der Waals surface area contributed by atoms with Crippen molar-refractivity contribution >= 4 is 35.1 Å². The number of amides is 3. The van der Waals surface area contributed by atoms with E-state index in [1.54, 1.807) is 18.2 Å². The van der Waals surface area contributed by atoms with Gasteiger partial charge in [-0.2, -0.15) is 0 Å². The number of hydroxylamine groups is 1. The number of aromatic nitrogens is 2. The smallest absolute Gasteiger partial charge is 0.308 e. The molecule has 0 aliphatic carbocycles. The first kappa shape index (κ1) is 19.3. The Balaban J connectivity index is 1.59. The van der Waals surface area contributed by atoms with Crippen molar-refractivity contribution in [2.24, 2.45) is 0 Å². The minimum Gasteiger partial charge on any atom is -0.308 e. The van der Waals surface area contributed by atoms with E-state index < -0.39 is 5.91 Å². The molecule has 3 N–H and O–H groups in total. The van der Waals surface area contributed by atoms with Gasteiger partial charge in [-0.3, -0.25) is 9.63 Å². The molecule has 0 fully saturated rings. The molecule has 2 aromatic carbocycles. The van der Waals surface area contributed by atoms with Crippen LogP contribution in [0.4, 0.5) is 16.2 Å². The summed E-state index contributed by atoms with van der Waals surface area (Å²) in [4.78, 5) is 37.3. The number of anilines is 2. The summed E-state index contributed by atoms with van der Waals surface area (Å²) in [5.74, 6) is -0.503. The number of benzene rings is 2. The highest BCUT2D eigenvalue weighted by Crippen LogP contribution is 2.27. The van der Waals surface area contributed by atoms with Gasteiger partial charge in [-0.05, 0) is 42.5 Å². The zero-order valence-corrected chi connectivity index (χ0v) is 15.7. The van der Waals surface area contributed by atoms with Crippen LogP contribution in [0, 0.1) is 0 Å². The Morgan fingerprint density at radius 3 is 2.29 bits per heavy atom. The number of carbonyl (C=O) groups excluding carboxylic acids is 2. The fourth-order valence-electron chi connectivity index (χ4n) is 2.19. The van der Waals surface area contributed by atoms with E-state index in [4.69, 9.17) is 0 Å². The molecule has 0 radical (unpaired) electrons. The number of carbonyl (C=O) groups is 2. The highest BCUT2D eigenvalue weighted by molar-refractivity contribution is 7.99. The molecule has 0 aliphatic rings. The molecule has 0 saturated carbocycles. The summed E-state index contributed by atoms with van der Waals surface area (Å²) in [6.07, 6.45) is 1.50. The molecule has 3 rings (SSSR count). The molecule has 0 bridgehead atoms. The predicted molar refractivity (Wildman–Crippen MR) is 106 cm³/mol. The number of rotatable bonds is 6. The van der Waals surface area contributed by atoms with Crippen LogP contribution in [-0.2, 0) is 4.84 Å². The molecule has 3 aromatic rings. The van der Waals surface area contributed by atoms with Crippen molar-refractivity contribution in [3.63, 3.8) is 0 Å². The minimum atomic E-state index is -0.520. The highest BCUT2D eigenvalue weighted by Gasteiger charge is 2.10. The van der Waals surface area contributed by atoms with Crippen LogP contribution in [0.2, 0.25) is 0 Å². The van der Waals surface area contributed by atoms with Crippen molar-refractivity contribution in [2.75, 3.05) is 17.7 Å². The van der Waals surface area contributed by atoms with Gasteiger partial charge in [-0.1, -0.05) is 30.0 Å². The normalized spacial score (nSPS) is 10.2. The number of para-hydroxylation sites is 1. The van der Waals surface area contributed by atoms with E-state index in [2.05, 4.69) is 30.9 Å². The van der Waals surface area contributed by atoms with Crippen LogP contribution in [0.5, 0.6) is 0 Å². The predicted octanol–water partition coefficient (Wildman–Crippen LogP) is 3.56. The van der Waals surface area contributed by atoms with Crippen LogP contribution >= 0.6 is 11.8 Å². The average molecular weight is 395 g/mol. The summed E-state index contributed by atoms with van der Waals surface area (Å²) in [5.41, 5.74) is 3.54. The molecule has 0 spiro atoms. The molecule has 142 valence electrons. The number of urea groups is 1. The summed E-state index contributed by atoms with van der Waals surface area (Å²) in [6, 6.07) is 17.8. The Bertz CT molecular complexity index is 951. The Morgan fingerprint density at radius 2 is 1.61 bits per heavy atom. The van der Waals surface area contributed by atoms with Crippen LogP contribution in [0.15, 0.2) is 76.8 Å². The lowest BCUT2D eigenvalue weighted by Crippen LogP contribution is -2.24. The van der Waals surface area contributed by atoms with Crippen LogP contribution in [0.1, 0.15) is 10.6 Å². The van der Waals surface area contributed by atoms with E-state index in [1.807, 2.05) is 42.5 Å². The number of nitrogens with one attached hydrogen (secondary N) is 3. The topological polar surface area (TPSA) is 105 Å². The number of hydrogen-bond acceptors (Lipinski definition) is 6. The van der Waals surface area contributed by atoms with Crippen molar-refractivity contribution in [2.45, 2.75) is 9.92 Å². The van der Waals surface area contributed by atoms with Crippen LogP contribution in [0.25, 0.3) is 0 Å². The van der Waals surface area contributed by atoms with Gasteiger partial charge in [-0.25, -0.2) is 20.2 Å². The van der Waals surface area contributed by atoms with Crippen molar-refractivity contribution in [1.82, 2.24) is 15.4 Å². The Labute approximate surface area is 165 Å². The molecule has 9 heteroatoms. The Hall–Kier alpha value is -3.43. The van der Waals surface area contributed by atoms with Crippen molar-refractivity contribution in [3.8, 4) is 0 Å². The third-order valence-electron chi connectivity index (χ3n) is 3.39. The highest BCUT2D eigenvalue weighted by atomic mass is 32.2. The van der Waals surface area contributed by atoms with E-state index in [0.717, 1.165) is 4.90 Å². The number of hydrogen-bond donors (Lipinski definition) is 3. The summed E-state index contributed by atoms with van der Waals surface area (Å²) < 4.78 is 0. The van der Waals surface area contributed by atoms with Gasteiger partial charge in [-0.15, -0.1) is 0 Å². The zero-order valence-electron chi connectivity index (χ0n) is 14.9. The maximum atomic E-state index is 12.0. The van der Waals surface area contributed by atoms with E-state index >= 15 is 0 Å². The van der Waals surface area contributed by atoms with Gasteiger partial charge in [0.25, 0.3) is 0 Å². The summed E-state index contributed by atoms with van der Waals surface area (Å²) in [7, 11) is 1.34. The molecule has 0 atom stereocenters. The fourth-order valence-corrected chi connectivity index (χ4v) is 2.96. The minimum absolute atomic E-state index is 0.0164. The number of nitrogens with zero attached hydrogens (tertiary/aromatic N) is 2. The van der Waals surface area contributed by atoms with Gasteiger partial charge < -0.3 is 10.6 Å². The van der Waals surface area contributed by atoms with Gasteiger partial charge in [0.1, 0.15) is 5.03 Å². The van der Waals surface area contributed by atoms with E-state index in [1.165, 1.54) is 25.1 Å². The van der Waals surface area contributed by atoms with Crippen molar-refractivity contribution in [1.29, 1.82) is 0 Å². The lowest BCUT2D eigenvalue weighted by molar-refractivity contribution is 0.0526. The fraction of sp³-hybridized carbons (Fsp3) is 0.0526. The summed E-state index contributed by atoms with van der Waals surface area (Å²) in [5, 5.41) is 6.13. The second-order valence-corrected chi connectivity index (χ2v) is 6.52. The van der Waals surface area contributed by atoms with Gasteiger partial charge >= 0.3 is 11.9 Å². The van der Waals surface area contributed by atoms with Gasteiger partial charge in [0, 0.05) is 22.5 Å². The zero-order chi connectivity index (χ0) is 19.8. The standard InChI is InChI=1S/C19H17N5O3S/c1-27-24-18(25)17-20-12-11-16(23-17)28-15-9-7-14(8-10-15)22-19(26)21-13-5-3-2-4-6-13/h2-12H,1H3,(H,24,25)(H2,21,22,26). The molecule has 0 unspecified atom stereocenters. The molecular formula is C19H17N5O3S. The molecular weight excluding hydrogens is 378 g/mol. The van der Waals surface area contributed by atoms with E-state index in [0.29, 0.717) is 16.4 Å². The maximum Gasteiger partial charge on any atom is 0.323 e. The summed E-state index contributed by atoms with van der Waals surface area (Å²) in [6.45, 7) is 0. The molecule has 1 heterocycles. The van der Waals surface area contributed by atoms with Crippen LogP contribution in [0.3, 0.4) is 0 Å². The lowest BCUT2D eigenvalue weighted by Gasteiger charge is -2.08. The summed E-state index contributed by atoms with van der Waals surface area (Å²) >= 11 is 1.37. The molecule has 1 aromatic heterocycles. The lowest BCUT2D eigenvalue weighted by atomic mass is 10.3. The Morgan fingerprint density at radius 1 is 0.929 bits per heavy atom.